The number of aliphatic hydroxyl groups is 1. The van der Waals surface area contributed by atoms with Gasteiger partial charge in [0.2, 0.25) is 0 Å². The van der Waals surface area contributed by atoms with Crippen molar-refractivity contribution in [2.75, 3.05) is 11.9 Å². The summed E-state index contributed by atoms with van der Waals surface area (Å²) >= 11 is 0.997. The summed E-state index contributed by atoms with van der Waals surface area (Å²) in [6.07, 6.45) is -3.89. The van der Waals surface area contributed by atoms with Crippen molar-refractivity contribution in [3.8, 4) is 0 Å². The number of aromatic nitrogens is 2. The second kappa shape index (κ2) is 5.72. The second-order valence-electron chi connectivity index (χ2n) is 5.68. The van der Waals surface area contributed by atoms with Crippen LogP contribution in [0.5, 0.6) is 0 Å². The van der Waals surface area contributed by atoms with Gasteiger partial charge in [0.05, 0.1) is 24.0 Å². The van der Waals surface area contributed by atoms with Crippen LogP contribution >= 0.6 is 11.3 Å². The third-order valence-electron chi connectivity index (χ3n) is 3.92. The van der Waals surface area contributed by atoms with Gasteiger partial charge in [0.25, 0.3) is 0 Å². The number of nitrogens with zero attached hydrogens (tertiary/aromatic N) is 3. The fourth-order valence-corrected chi connectivity index (χ4v) is 3.89. The molecule has 0 radical (unpaired) electrons. The molecule has 1 aliphatic carbocycles. The van der Waals surface area contributed by atoms with Gasteiger partial charge < -0.3 is 15.4 Å². The van der Waals surface area contributed by atoms with Gasteiger partial charge in [0, 0.05) is 30.5 Å². The van der Waals surface area contributed by atoms with Gasteiger partial charge in [-0.05, 0) is 6.07 Å². The fraction of sp³-hybridized carbons (Fsp3) is 0.500. The Kier molecular flexibility index (Phi) is 4.01. The monoisotopic (exact) mass is 344 g/mol. The molecule has 0 aliphatic heterocycles. The van der Waals surface area contributed by atoms with E-state index in [-0.39, 0.29) is 10.9 Å². The third kappa shape index (κ3) is 3.30. The summed E-state index contributed by atoms with van der Waals surface area (Å²) in [5, 5.41) is 18.3. The molecule has 9 heteroatoms. The highest BCUT2D eigenvalue weighted by Crippen LogP contribution is 2.35. The lowest BCUT2D eigenvalue weighted by Gasteiger charge is -2.28. The van der Waals surface area contributed by atoms with E-state index in [4.69, 9.17) is 5.41 Å². The average molecular weight is 344 g/mol. The number of hydrogen-bond acceptors (Lipinski definition) is 6. The molecule has 5 nitrogen and oxygen atoms in total. The number of hydrogen-bond donors (Lipinski definition) is 2. The van der Waals surface area contributed by atoms with Crippen molar-refractivity contribution < 1.29 is 18.3 Å². The van der Waals surface area contributed by atoms with Crippen molar-refractivity contribution in [3.05, 3.63) is 17.3 Å². The van der Waals surface area contributed by atoms with Crippen molar-refractivity contribution in [3.63, 3.8) is 0 Å². The summed E-state index contributed by atoms with van der Waals surface area (Å²) in [6, 6.07) is 1.16. The summed E-state index contributed by atoms with van der Waals surface area (Å²) < 4.78 is 37.7. The molecule has 2 heterocycles. The van der Waals surface area contributed by atoms with Crippen LogP contribution in [0.4, 0.5) is 19.0 Å². The van der Waals surface area contributed by atoms with Crippen molar-refractivity contribution in [2.45, 2.75) is 37.6 Å². The Morgan fingerprint density at radius 2 is 2.13 bits per heavy atom. The summed E-state index contributed by atoms with van der Waals surface area (Å²) in [5.74, 6) is 0.485. The van der Waals surface area contributed by atoms with E-state index in [1.165, 1.54) is 12.4 Å². The topological polar surface area (TPSA) is 73.1 Å². The minimum absolute atomic E-state index is 0.183. The van der Waals surface area contributed by atoms with E-state index >= 15 is 0 Å². The van der Waals surface area contributed by atoms with Crippen LogP contribution in [-0.2, 0) is 6.42 Å². The number of halogens is 3. The van der Waals surface area contributed by atoms with E-state index < -0.39 is 18.7 Å². The first kappa shape index (κ1) is 16.1. The summed E-state index contributed by atoms with van der Waals surface area (Å²) in [6.45, 7) is 0. The number of anilines is 1. The predicted octanol–water partition coefficient (Wildman–Crippen LogP) is 2.78. The largest absolute Gasteiger partial charge is 0.393 e. The van der Waals surface area contributed by atoms with Crippen molar-refractivity contribution in [2.24, 2.45) is 0 Å². The molecule has 0 unspecified atom stereocenters. The number of rotatable bonds is 3. The quantitative estimate of drug-likeness (QED) is 0.898. The summed E-state index contributed by atoms with van der Waals surface area (Å²) in [5.41, 5.74) is 0.461. The number of alkyl halides is 3. The normalized spacial score (nSPS) is 22.0. The lowest BCUT2D eigenvalue weighted by Crippen LogP contribution is -2.38. The van der Waals surface area contributed by atoms with Gasteiger partial charge in [0.1, 0.15) is 17.0 Å². The highest BCUT2D eigenvalue weighted by atomic mass is 32.1. The van der Waals surface area contributed by atoms with Crippen LogP contribution in [0.15, 0.2) is 12.4 Å². The minimum atomic E-state index is -4.27. The maximum atomic E-state index is 12.6. The van der Waals surface area contributed by atoms with Crippen molar-refractivity contribution >= 4 is 33.1 Å². The van der Waals surface area contributed by atoms with E-state index in [9.17, 15) is 18.3 Å². The standard InChI is InChI=1S/C14H15F3N4OS/c1-21(10-2-7(18)3-11(10)22)12-9-4-8(5-14(15,16)17)23-13(9)20-6-19-12/h4,6,10-11,18,22H,2-3,5H2,1H3/t10-,11+/m0/s1. The van der Waals surface area contributed by atoms with Gasteiger partial charge in [-0.15, -0.1) is 11.3 Å². The summed E-state index contributed by atoms with van der Waals surface area (Å²) in [4.78, 5) is 10.6. The number of aliphatic hydroxyl groups excluding tert-OH is 1. The highest BCUT2D eigenvalue weighted by molar-refractivity contribution is 7.18. The Morgan fingerprint density at radius 3 is 2.74 bits per heavy atom. The molecule has 1 fully saturated rings. The van der Waals surface area contributed by atoms with Gasteiger partial charge in [-0.1, -0.05) is 0 Å². The first-order valence-electron chi connectivity index (χ1n) is 7.02. The van der Waals surface area contributed by atoms with Crippen LogP contribution < -0.4 is 4.90 Å². The maximum absolute atomic E-state index is 12.6. The molecule has 2 aromatic heterocycles. The van der Waals surface area contributed by atoms with Crippen molar-refractivity contribution in [1.82, 2.24) is 9.97 Å². The lowest BCUT2D eigenvalue weighted by molar-refractivity contribution is -0.126. The molecular formula is C14H15F3N4OS. The average Bonchev–Trinajstić information content (AvgIpc) is 2.97. The Bertz CT molecular complexity index is 745. The number of thiophene rings is 1. The fourth-order valence-electron chi connectivity index (χ4n) is 2.87. The number of fused-ring (bicyclic) bond motifs is 1. The van der Waals surface area contributed by atoms with E-state index in [0.717, 1.165) is 11.3 Å². The molecule has 124 valence electrons. The number of likely N-dealkylation sites (N-methyl/N-ethyl adjacent to an activating group) is 1. The van der Waals surface area contributed by atoms with Crippen LogP contribution in [0.2, 0.25) is 0 Å². The molecule has 23 heavy (non-hydrogen) atoms. The maximum Gasteiger partial charge on any atom is 0.393 e. The molecule has 0 spiro atoms. The molecule has 3 rings (SSSR count). The smallest absolute Gasteiger partial charge is 0.391 e. The zero-order valence-electron chi connectivity index (χ0n) is 12.3. The van der Waals surface area contributed by atoms with Gasteiger partial charge >= 0.3 is 6.18 Å². The van der Waals surface area contributed by atoms with E-state index in [0.29, 0.717) is 34.6 Å². The van der Waals surface area contributed by atoms with Crippen LogP contribution in [0, 0.1) is 5.41 Å². The Morgan fingerprint density at radius 1 is 1.39 bits per heavy atom. The molecule has 0 aromatic carbocycles. The van der Waals surface area contributed by atoms with E-state index in [2.05, 4.69) is 9.97 Å². The first-order valence-corrected chi connectivity index (χ1v) is 7.83. The van der Waals surface area contributed by atoms with Gasteiger partial charge in [-0.2, -0.15) is 13.2 Å². The highest BCUT2D eigenvalue weighted by Gasteiger charge is 2.34. The lowest BCUT2D eigenvalue weighted by atomic mass is 10.1. The van der Waals surface area contributed by atoms with E-state index in [1.807, 2.05) is 0 Å². The van der Waals surface area contributed by atoms with Crippen LogP contribution in [0.25, 0.3) is 10.2 Å². The SMILES string of the molecule is CN(c1ncnc2sc(CC(F)(F)F)cc12)[C@H]1CC(=N)C[C@H]1O. The Balaban J connectivity index is 1.96. The molecule has 0 saturated heterocycles. The summed E-state index contributed by atoms with van der Waals surface area (Å²) in [7, 11) is 1.73. The molecule has 2 aromatic rings. The van der Waals surface area contributed by atoms with Gasteiger partial charge in [-0.3, -0.25) is 0 Å². The molecular weight excluding hydrogens is 329 g/mol. The molecule has 0 amide bonds. The Hall–Kier alpha value is -1.74. The van der Waals surface area contributed by atoms with Gasteiger partial charge in [-0.25, -0.2) is 9.97 Å². The van der Waals surface area contributed by atoms with Crippen LogP contribution in [-0.4, -0.2) is 46.2 Å². The second-order valence-corrected chi connectivity index (χ2v) is 6.79. The predicted molar refractivity (Wildman–Crippen MR) is 82.3 cm³/mol. The van der Waals surface area contributed by atoms with Crippen LogP contribution in [0.3, 0.4) is 0 Å². The van der Waals surface area contributed by atoms with Gasteiger partial charge in [0.15, 0.2) is 0 Å². The van der Waals surface area contributed by atoms with E-state index in [1.54, 1.807) is 11.9 Å². The molecule has 2 N–H and O–H groups in total. The molecule has 0 bridgehead atoms. The molecule has 2 atom stereocenters. The van der Waals surface area contributed by atoms with Crippen LogP contribution in [0.1, 0.15) is 17.7 Å². The zero-order chi connectivity index (χ0) is 16.8. The zero-order valence-corrected chi connectivity index (χ0v) is 13.1. The first-order chi connectivity index (χ1) is 10.7. The minimum Gasteiger partial charge on any atom is -0.391 e. The molecule has 1 saturated carbocycles. The molecule has 1 aliphatic rings. The van der Waals surface area contributed by atoms with Crippen molar-refractivity contribution in [1.29, 1.82) is 5.41 Å². The Labute approximate surface area is 134 Å². The number of nitrogens with one attached hydrogen (secondary N) is 1. The third-order valence-corrected chi connectivity index (χ3v) is 4.96.